The van der Waals surface area contributed by atoms with Crippen LogP contribution in [0.15, 0.2) is 18.3 Å². The van der Waals surface area contributed by atoms with Crippen molar-refractivity contribution >= 4 is 5.82 Å². The molecule has 0 aromatic carbocycles. The lowest BCUT2D eigenvalue weighted by molar-refractivity contribution is 0.529. The van der Waals surface area contributed by atoms with Crippen molar-refractivity contribution in [3.05, 3.63) is 23.9 Å². The minimum absolute atomic E-state index is 0.763. The molecular formula is C16H25N3. The fraction of sp³-hybridized carbons (Fsp3) is 0.688. The smallest absolute Gasteiger partial charge is 0.133 e. The third-order valence-electron chi connectivity index (χ3n) is 4.31. The first kappa shape index (κ1) is 12.9. The number of hydrogen-bond donors (Lipinski definition) is 1. The van der Waals surface area contributed by atoms with E-state index in [-0.39, 0.29) is 0 Å². The Morgan fingerprint density at radius 1 is 1.37 bits per heavy atom. The highest BCUT2D eigenvalue weighted by Gasteiger charge is 2.25. The Morgan fingerprint density at radius 3 is 3.05 bits per heavy atom. The highest BCUT2D eigenvalue weighted by atomic mass is 15.2. The number of hydrogen-bond acceptors (Lipinski definition) is 3. The Balaban J connectivity index is 1.65. The molecule has 0 bridgehead atoms. The third-order valence-corrected chi connectivity index (χ3v) is 4.31. The highest BCUT2D eigenvalue weighted by Crippen LogP contribution is 2.28. The maximum Gasteiger partial charge on any atom is 0.133 e. The van der Waals surface area contributed by atoms with Gasteiger partial charge in [0.15, 0.2) is 0 Å². The number of aromatic nitrogens is 1. The molecule has 3 rings (SSSR count). The molecule has 1 atom stereocenters. The van der Waals surface area contributed by atoms with Gasteiger partial charge in [-0.3, -0.25) is 0 Å². The van der Waals surface area contributed by atoms with E-state index in [1.807, 2.05) is 6.20 Å². The first-order chi connectivity index (χ1) is 9.36. The van der Waals surface area contributed by atoms with Crippen LogP contribution in [-0.2, 0) is 6.54 Å². The van der Waals surface area contributed by atoms with Crippen LogP contribution < -0.4 is 10.2 Å². The summed E-state index contributed by atoms with van der Waals surface area (Å²) in [4.78, 5) is 7.13. The van der Waals surface area contributed by atoms with Crippen molar-refractivity contribution in [1.82, 2.24) is 10.3 Å². The SMILES string of the molecule is CCCC1CCN(c2ncccc2CNC2CC2)C1. The molecule has 3 nitrogen and oxygen atoms in total. The number of pyridine rings is 1. The predicted octanol–water partition coefficient (Wildman–Crippen LogP) is 2.96. The molecule has 0 radical (unpaired) electrons. The van der Waals surface area contributed by atoms with Gasteiger partial charge in [-0.15, -0.1) is 0 Å². The summed E-state index contributed by atoms with van der Waals surface area (Å²) in [6, 6.07) is 5.05. The van der Waals surface area contributed by atoms with Crippen LogP contribution in [-0.4, -0.2) is 24.1 Å². The molecule has 1 aliphatic heterocycles. The fourth-order valence-corrected chi connectivity index (χ4v) is 3.06. The monoisotopic (exact) mass is 259 g/mol. The van der Waals surface area contributed by atoms with E-state index in [9.17, 15) is 0 Å². The van der Waals surface area contributed by atoms with E-state index in [2.05, 4.69) is 34.3 Å². The maximum atomic E-state index is 4.64. The van der Waals surface area contributed by atoms with Crippen LogP contribution in [0.1, 0.15) is 44.6 Å². The molecule has 2 aliphatic rings. The van der Waals surface area contributed by atoms with Crippen LogP contribution in [0.2, 0.25) is 0 Å². The van der Waals surface area contributed by atoms with Crippen molar-refractivity contribution < 1.29 is 0 Å². The zero-order valence-electron chi connectivity index (χ0n) is 11.9. The largest absolute Gasteiger partial charge is 0.356 e. The van der Waals surface area contributed by atoms with E-state index in [1.54, 1.807) is 0 Å². The molecule has 0 amide bonds. The van der Waals surface area contributed by atoms with E-state index in [1.165, 1.54) is 56.6 Å². The lowest BCUT2D eigenvalue weighted by Gasteiger charge is -2.21. The summed E-state index contributed by atoms with van der Waals surface area (Å²) in [7, 11) is 0. The van der Waals surface area contributed by atoms with Gasteiger partial charge in [-0.25, -0.2) is 4.98 Å². The van der Waals surface area contributed by atoms with Gasteiger partial charge in [-0.05, 0) is 37.7 Å². The molecule has 104 valence electrons. The second kappa shape index (κ2) is 5.91. The van der Waals surface area contributed by atoms with E-state index < -0.39 is 0 Å². The second-order valence-electron chi connectivity index (χ2n) is 6.03. The van der Waals surface area contributed by atoms with Crippen molar-refractivity contribution in [1.29, 1.82) is 0 Å². The summed E-state index contributed by atoms with van der Waals surface area (Å²) in [6.07, 6.45) is 8.62. The highest BCUT2D eigenvalue weighted by molar-refractivity contribution is 5.47. The molecule has 1 saturated heterocycles. The molecule has 2 fully saturated rings. The quantitative estimate of drug-likeness (QED) is 0.851. The maximum absolute atomic E-state index is 4.64. The molecule has 1 aromatic heterocycles. The fourth-order valence-electron chi connectivity index (χ4n) is 3.06. The Kier molecular flexibility index (Phi) is 4.02. The van der Waals surface area contributed by atoms with Gasteiger partial charge in [0.25, 0.3) is 0 Å². The Labute approximate surface area is 116 Å². The molecular weight excluding hydrogens is 234 g/mol. The molecule has 1 aliphatic carbocycles. The summed E-state index contributed by atoms with van der Waals surface area (Å²) in [5, 5.41) is 3.61. The zero-order chi connectivity index (χ0) is 13.1. The molecule has 1 saturated carbocycles. The average molecular weight is 259 g/mol. The summed E-state index contributed by atoms with van der Waals surface area (Å²) in [5.41, 5.74) is 1.37. The Hall–Kier alpha value is -1.09. The Bertz CT molecular complexity index is 414. The molecule has 1 N–H and O–H groups in total. The summed E-state index contributed by atoms with van der Waals surface area (Å²) in [6.45, 7) is 5.64. The number of nitrogens with zero attached hydrogens (tertiary/aromatic N) is 2. The van der Waals surface area contributed by atoms with Crippen LogP contribution >= 0.6 is 0 Å². The third kappa shape index (κ3) is 3.27. The van der Waals surface area contributed by atoms with Crippen molar-refractivity contribution in [2.45, 2.75) is 51.6 Å². The Morgan fingerprint density at radius 2 is 2.26 bits per heavy atom. The summed E-state index contributed by atoms with van der Waals surface area (Å²) in [5.74, 6) is 2.09. The van der Waals surface area contributed by atoms with E-state index in [0.717, 1.165) is 18.5 Å². The topological polar surface area (TPSA) is 28.2 Å². The number of nitrogens with one attached hydrogen (secondary N) is 1. The second-order valence-corrected chi connectivity index (χ2v) is 6.03. The normalized spacial score (nSPS) is 23.0. The van der Waals surface area contributed by atoms with Crippen LogP contribution in [0.4, 0.5) is 5.82 Å². The molecule has 19 heavy (non-hydrogen) atoms. The van der Waals surface area contributed by atoms with Gasteiger partial charge in [0.05, 0.1) is 0 Å². The molecule has 3 heteroatoms. The van der Waals surface area contributed by atoms with Gasteiger partial charge < -0.3 is 10.2 Å². The average Bonchev–Trinajstić information content (AvgIpc) is 3.16. The van der Waals surface area contributed by atoms with Gasteiger partial charge >= 0.3 is 0 Å². The number of anilines is 1. The van der Waals surface area contributed by atoms with Crippen molar-refractivity contribution in [3.8, 4) is 0 Å². The van der Waals surface area contributed by atoms with E-state index >= 15 is 0 Å². The van der Waals surface area contributed by atoms with Crippen LogP contribution in [0.3, 0.4) is 0 Å². The first-order valence-electron chi connectivity index (χ1n) is 7.79. The van der Waals surface area contributed by atoms with Crippen molar-refractivity contribution in [2.24, 2.45) is 5.92 Å². The van der Waals surface area contributed by atoms with Crippen LogP contribution in [0.5, 0.6) is 0 Å². The van der Waals surface area contributed by atoms with Crippen LogP contribution in [0.25, 0.3) is 0 Å². The summed E-state index contributed by atoms with van der Waals surface area (Å²) >= 11 is 0. The van der Waals surface area contributed by atoms with E-state index in [4.69, 9.17) is 0 Å². The standard InChI is InChI=1S/C16H25N3/c1-2-4-13-8-10-19(12-13)16-14(5-3-9-17-16)11-18-15-6-7-15/h3,5,9,13,15,18H,2,4,6-8,10-12H2,1H3. The lowest BCUT2D eigenvalue weighted by atomic mass is 10.0. The van der Waals surface area contributed by atoms with Gasteiger partial charge in [0.1, 0.15) is 5.82 Å². The molecule has 1 aromatic rings. The van der Waals surface area contributed by atoms with Gasteiger partial charge in [-0.1, -0.05) is 19.4 Å². The minimum Gasteiger partial charge on any atom is -0.356 e. The zero-order valence-corrected chi connectivity index (χ0v) is 11.9. The van der Waals surface area contributed by atoms with Crippen molar-refractivity contribution in [2.75, 3.05) is 18.0 Å². The molecule has 0 spiro atoms. The predicted molar refractivity (Wildman–Crippen MR) is 79.3 cm³/mol. The van der Waals surface area contributed by atoms with Gasteiger partial charge in [0, 0.05) is 37.4 Å². The first-order valence-corrected chi connectivity index (χ1v) is 7.79. The van der Waals surface area contributed by atoms with E-state index in [0.29, 0.717) is 0 Å². The van der Waals surface area contributed by atoms with Crippen LogP contribution in [0, 0.1) is 5.92 Å². The van der Waals surface area contributed by atoms with Crippen molar-refractivity contribution in [3.63, 3.8) is 0 Å². The summed E-state index contributed by atoms with van der Waals surface area (Å²) < 4.78 is 0. The number of rotatable bonds is 6. The van der Waals surface area contributed by atoms with Gasteiger partial charge in [-0.2, -0.15) is 0 Å². The molecule has 2 heterocycles. The minimum atomic E-state index is 0.763. The molecule has 1 unspecified atom stereocenters. The lowest BCUT2D eigenvalue weighted by Crippen LogP contribution is -2.24. The van der Waals surface area contributed by atoms with Gasteiger partial charge in [0.2, 0.25) is 0 Å².